The standard InChI is InChI=1S/C19H22/c1-4-8-16(5-2)18-11-7-12-19(14-18)17-10-6-9-15(3)13-17/h6-14H,4-5H2,1-3H3/b16-8+. The highest BCUT2D eigenvalue weighted by atomic mass is 14.1. The van der Waals surface area contributed by atoms with Crippen LogP contribution in [0.5, 0.6) is 0 Å². The Morgan fingerprint density at radius 1 is 0.947 bits per heavy atom. The molecule has 98 valence electrons. The lowest BCUT2D eigenvalue weighted by molar-refractivity contribution is 1.17. The van der Waals surface area contributed by atoms with E-state index in [-0.39, 0.29) is 0 Å². The van der Waals surface area contributed by atoms with Crippen LogP contribution in [-0.2, 0) is 0 Å². The van der Waals surface area contributed by atoms with Crippen molar-refractivity contribution in [3.05, 3.63) is 65.7 Å². The first kappa shape index (κ1) is 13.6. The van der Waals surface area contributed by atoms with Crippen molar-refractivity contribution in [1.82, 2.24) is 0 Å². The van der Waals surface area contributed by atoms with Gasteiger partial charge in [0.2, 0.25) is 0 Å². The van der Waals surface area contributed by atoms with Gasteiger partial charge in [0.05, 0.1) is 0 Å². The second-order valence-corrected chi connectivity index (χ2v) is 4.94. The van der Waals surface area contributed by atoms with E-state index < -0.39 is 0 Å². The highest BCUT2D eigenvalue weighted by Crippen LogP contribution is 2.26. The van der Waals surface area contributed by atoms with Crippen molar-refractivity contribution < 1.29 is 0 Å². The van der Waals surface area contributed by atoms with E-state index in [0.29, 0.717) is 0 Å². The van der Waals surface area contributed by atoms with Crippen molar-refractivity contribution in [2.24, 2.45) is 0 Å². The summed E-state index contributed by atoms with van der Waals surface area (Å²) in [7, 11) is 0. The van der Waals surface area contributed by atoms with E-state index in [1.165, 1.54) is 27.8 Å². The number of benzene rings is 2. The van der Waals surface area contributed by atoms with Gasteiger partial charge in [0.1, 0.15) is 0 Å². The van der Waals surface area contributed by atoms with Gasteiger partial charge in [-0.15, -0.1) is 0 Å². The fraction of sp³-hybridized carbons (Fsp3) is 0.263. The van der Waals surface area contributed by atoms with Crippen molar-refractivity contribution in [2.45, 2.75) is 33.6 Å². The van der Waals surface area contributed by atoms with E-state index in [9.17, 15) is 0 Å². The number of hydrogen-bond donors (Lipinski definition) is 0. The number of allylic oxidation sites excluding steroid dienone is 2. The molecule has 2 aromatic carbocycles. The molecule has 0 fully saturated rings. The van der Waals surface area contributed by atoms with Gasteiger partial charge in [0.25, 0.3) is 0 Å². The van der Waals surface area contributed by atoms with Crippen LogP contribution in [0.15, 0.2) is 54.6 Å². The summed E-state index contributed by atoms with van der Waals surface area (Å²) in [6.07, 6.45) is 4.51. The second kappa shape index (κ2) is 6.38. The molecule has 0 aromatic heterocycles. The van der Waals surface area contributed by atoms with E-state index in [1.54, 1.807) is 0 Å². The normalized spacial score (nSPS) is 11.6. The van der Waals surface area contributed by atoms with Crippen LogP contribution in [0, 0.1) is 6.92 Å². The zero-order valence-corrected chi connectivity index (χ0v) is 12.1. The smallest absolute Gasteiger partial charge is 0.0178 e. The minimum Gasteiger partial charge on any atom is -0.0810 e. The third-order valence-electron chi connectivity index (χ3n) is 3.42. The Morgan fingerprint density at radius 2 is 1.63 bits per heavy atom. The fourth-order valence-corrected chi connectivity index (χ4v) is 2.44. The van der Waals surface area contributed by atoms with E-state index in [1.807, 2.05) is 0 Å². The zero-order valence-electron chi connectivity index (χ0n) is 12.1. The molecule has 0 spiro atoms. The molecular weight excluding hydrogens is 228 g/mol. The van der Waals surface area contributed by atoms with Crippen LogP contribution in [0.25, 0.3) is 16.7 Å². The van der Waals surface area contributed by atoms with Crippen LogP contribution in [0.3, 0.4) is 0 Å². The Bertz CT molecular complexity index is 576. The lowest BCUT2D eigenvalue weighted by Gasteiger charge is -2.09. The fourth-order valence-electron chi connectivity index (χ4n) is 2.44. The molecule has 0 aliphatic rings. The molecule has 2 rings (SSSR count). The molecule has 0 heteroatoms. The molecule has 0 atom stereocenters. The summed E-state index contributed by atoms with van der Waals surface area (Å²) in [6.45, 7) is 6.56. The lowest BCUT2D eigenvalue weighted by atomic mass is 9.96. The Kier molecular flexibility index (Phi) is 4.57. The molecule has 0 aliphatic carbocycles. The van der Waals surface area contributed by atoms with Gasteiger partial charge in [-0.25, -0.2) is 0 Å². The van der Waals surface area contributed by atoms with Gasteiger partial charge >= 0.3 is 0 Å². The summed E-state index contributed by atoms with van der Waals surface area (Å²) in [5.74, 6) is 0. The van der Waals surface area contributed by atoms with Crippen molar-refractivity contribution in [1.29, 1.82) is 0 Å². The Labute approximate surface area is 116 Å². The van der Waals surface area contributed by atoms with E-state index >= 15 is 0 Å². The Balaban J connectivity index is 2.42. The highest BCUT2D eigenvalue weighted by Gasteiger charge is 2.02. The molecule has 0 saturated heterocycles. The minimum absolute atomic E-state index is 1.09. The molecule has 0 amide bonds. The third-order valence-corrected chi connectivity index (χ3v) is 3.42. The number of rotatable bonds is 4. The molecule has 0 unspecified atom stereocenters. The molecule has 0 heterocycles. The summed E-state index contributed by atoms with van der Waals surface area (Å²) >= 11 is 0. The first-order chi connectivity index (χ1) is 9.24. The quantitative estimate of drug-likeness (QED) is 0.637. The molecule has 2 aromatic rings. The van der Waals surface area contributed by atoms with Crippen molar-refractivity contribution in [3.63, 3.8) is 0 Å². The van der Waals surface area contributed by atoms with E-state index in [4.69, 9.17) is 0 Å². The molecule has 0 N–H and O–H groups in total. The summed E-state index contributed by atoms with van der Waals surface area (Å²) in [5.41, 5.74) is 6.70. The average Bonchev–Trinajstić information content (AvgIpc) is 2.45. The molecule has 0 bridgehead atoms. The highest BCUT2D eigenvalue weighted by molar-refractivity contribution is 5.72. The monoisotopic (exact) mass is 250 g/mol. The maximum absolute atomic E-state index is 2.33. The van der Waals surface area contributed by atoms with Gasteiger partial charge in [-0.3, -0.25) is 0 Å². The zero-order chi connectivity index (χ0) is 13.7. The summed E-state index contributed by atoms with van der Waals surface area (Å²) in [6, 6.07) is 17.6. The third kappa shape index (κ3) is 3.35. The second-order valence-electron chi connectivity index (χ2n) is 4.94. The van der Waals surface area contributed by atoms with E-state index in [2.05, 4.69) is 75.4 Å². The molecule has 19 heavy (non-hydrogen) atoms. The average molecular weight is 250 g/mol. The minimum atomic E-state index is 1.09. The Hall–Kier alpha value is -1.82. The molecule has 0 radical (unpaired) electrons. The van der Waals surface area contributed by atoms with Crippen molar-refractivity contribution >= 4 is 5.57 Å². The Morgan fingerprint density at radius 3 is 2.26 bits per heavy atom. The summed E-state index contributed by atoms with van der Waals surface area (Å²) in [5, 5.41) is 0. The first-order valence-corrected chi connectivity index (χ1v) is 7.11. The molecular formula is C19H22. The van der Waals surface area contributed by atoms with Gasteiger partial charge in [-0.05, 0) is 48.1 Å². The van der Waals surface area contributed by atoms with Gasteiger partial charge in [-0.2, -0.15) is 0 Å². The molecule has 0 nitrogen and oxygen atoms in total. The largest absolute Gasteiger partial charge is 0.0810 e. The van der Waals surface area contributed by atoms with E-state index in [0.717, 1.165) is 12.8 Å². The summed E-state index contributed by atoms with van der Waals surface area (Å²) < 4.78 is 0. The van der Waals surface area contributed by atoms with Crippen LogP contribution in [-0.4, -0.2) is 0 Å². The predicted molar refractivity (Wildman–Crippen MR) is 85.2 cm³/mol. The summed E-state index contributed by atoms with van der Waals surface area (Å²) in [4.78, 5) is 0. The van der Waals surface area contributed by atoms with Crippen molar-refractivity contribution in [3.8, 4) is 11.1 Å². The molecule has 0 aliphatic heterocycles. The van der Waals surface area contributed by atoms with Gasteiger partial charge in [0.15, 0.2) is 0 Å². The molecule has 0 saturated carbocycles. The SMILES string of the molecule is CC/C=C(\CC)c1cccc(-c2cccc(C)c2)c1. The van der Waals surface area contributed by atoms with Crippen LogP contribution < -0.4 is 0 Å². The van der Waals surface area contributed by atoms with Crippen LogP contribution in [0.2, 0.25) is 0 Å². The number of aryl methyl sites for hydroxylation is 1. The van der Waals surface area contributed by atoms with Gasteiger partial charge in [-0.1, -0.05) is 68.0 Å². The lowest BCUT2D eigenvalue weighted by Crippen LogP contribution is -1.86. The maximum atomic E-state index is 2.33. The van der Waals surface area contributed by atoms with Crippen molar-refractivity contribution in [2.75, 3.05) is 0 Å². The van der Waals surface area contributed by atoms with Crippen LogP contribution in [0.1, 0.15) is 37.8 Å². The van der Waals surface area contributed by atoms with Gasteiger partial charge in [0, 0.05) is 0 Å². The topological polar surface area (TPSA) is 0 Å². The first-order valence-electron chi connectivity index (χ1n) is 7.11. The van der Waals surface area contributed by atoms with Gasteiger partial charge < -0.3 is 0 Å². The predicted octanol–water partition coefficient (Wildman–Crippen LogP) is 5.87. The van der Waals surface area contributed by atoms with Crippen LogP contribution in [0.4, 0.5) is 0 Å². The van der Waals surface area contributed by atoms with Crippen LogP contribution >= 0.6 is 0 Å². The maximum Gasteiger partial charge on any atom is -0.0178 e. The number of hydrogen-bond acceptors (Lipinski definition) is 0.